The highest BCUT2D eigenvalue weighted by molar-refractivity contribution is 5.73. The van der Waals surface area contributed by atoms with Gasteiger partial charge < -0.3 is 10.1 Å². The molecule has 0 radical (unpaired) electrons. The molecule has 0 spiro atoms. The van der Waals surface area contributed by atoms with Crippen molar-refractivity contribution in [3.63, 3.8) is 0 Å². The van der Waals surface area contributed by atoms with Crippen LogP contribution in [-0.2, 0) is 4.79 Å². The molecule has 1 rings (SSSR count). The Hall–Kier alpha value is -0.610. The van der Waals surface area contributed by atoms with Crippen LogP contribution in [0.3, 0.4) is 0 Å². The summed E-state index contributed by atoms with van der Waals surface area (Å²) >= 11 is 0. The minimum atomic E-state index is -0.188. The summed E-state index contributed by atoms with van der Waals surface area (Å²) in [5.74, 6) is 0.414. The van der Waals surface area contributed by atoms with Gasteiger partial charge in [0.25, 0.3) is 0 Å². The molecular formula is C7H14N2O2. The van der Waals surface area contributed by atoms with Crippen LogP contribution in [0.2, 0.25) is 0 Å². The zero-order chi connectivity index (χ0) is 8.43. The van der Waals surface area contributed by atoms with Crippen LogP contribution >= 0.6 is 0 Å². The predicted molar refractivity (Wildman–Crippen MR) is 39.9 cm³/mol. The van der Waals surface area contributed by atoms with E-state index in [0.29, 0.717) is 5.92 Å². The van der Waals surface area contributed by atoms with Crippen LogP contribution in [-0.4, -0.2) is 29.2 Å². The lowest BCUT2D eigenvalue weighted by atomic mass is 10.3. The SMILES string of the molecule is CC(=O)N(C)C(NO)C1CC1. The number of hydroxylamine groups is 1. The van der Waals surface area contributed by atoms with Crippen LogP contribution < -0.4 is 5.48 Å². The number of nitrogens with one attached hydrogen (secondary N) is 1. The Kier molecular flexibility index (Phi) is 2.46. The average molecular weight is 158 g/mol. The summed E-state index contributed by atoms with van der Waals surface area (Å²) in [7, 11) is 1.69. The van der Waals surface area contributed by atoms with Gasteiger partial charge in [-0.3, -0.25) is 4.79 Å². The van der Waals surface area contributed by atoms with Gasteiger partial charge in [-0.05, 0) is 18.8 Å². The van der Waals surface area contributed by atoms with Crippen molar-refractivity contribution in [1.29, 1.82) is 0 Å². The minimum Gasteiger partial charge on any atom is -0.328 e. The summed E-state index contributed by atoms with van der Waals surface area (Å²) in [4.78, 5) is 12.4. The molecule has 2 N–H and O–H groups in total. The summed E-state index contributed by atoms with van der Waals surface area (Å²) < 4.78 is 0. The molecule has 1 aliphatic rings. The van der Waals surface area contributed by atoms with Crippen LogP contribution in [0.25, 0.3) is 0 Å². The third kappa shape index (κ3) is 1.91. The second-order valence-electron chi connectivity index (χ2n) is 3.04. The van der Waals surface area contributed by atoms with E-state index in [1.54, 1.807) is 7.05 Å². The van der Waals surface area contributed by atoms with Crippen molar-refractivity contribution in [3.8, 4) is 0 Å². The van der Waals surface area contributed by atoms with Gasteiger partial charge in [-0.15, -0.1) is 0 Å². The number of rotatable bonds is 3. The van der Waals surface area contributed by atoms with Gasteiger partial charge in [-0.25, -0.2) is 0 Å². The molecule has 4 nitrogen and oxygen atoms in total. The normalized spacial score (nSPS) is 19.5. The zero-order valence-corrected chi connectivity index (χ0v) is 6.87. The molecule has 0 aliphatic heterocycles. The van der Waals surface area contributed by atoms with Gasteiger partial charge in [0, 0.05) is 14.0 Å². The second-order valence-corrected chi connectivity index (χ2v) is 3.04. The minimum absolute atomic E-state index is 0.0246. The highest BCUT2D eigenvalue weighted by atomic mass is 16.5. The summed E-state index contributed by atoms with van der Waals surface area (Å²) in [6.45, 7) is 1.49. The Balaban J connectivity index is 2.45. The van der Waals surface area contributed by atoms with Crippen molar-refractivity contribution in [2.45, 2.75) is 25.9 Å². The van der Waals surface area contributed by atoms with Crippen LogP contribution in [0, 0.1) is 5.92 Å². The molecule has 4 heteroatoms. The lowest BCUT2D eigenvalue weighted by molar-refractivity contribution is -0.133. The number of hydrogen-bond acceptors (Lipinski definition) is 3. The van der Waals surface area contributed by atoms with Gasteiger partial charge in [-0.1, -0.05) is 0 Å². The van der Waals surface area contributed by atoms with Crippen molar-refractivity contribution in [1.82, 2.24) is 10.4 Å². The van der Waals surface area contributed by atoms with Crippen molar-refractivity contribution < 1.29 is 10.0 Å². The molecule has 1 fully saturated rings. The fraction of sp³-hybridized carbons (Fsp3) is 0.857. The van der Waals surface area contributed by atoms with E-state index >= 15 is 0 Å². The molecule has 0 heterocycles. The zero-order valence-electron chi connectivity index (χ0n) is 6.87. The van der Waals surface area contributed by atoms with Gasteiger partial charge in [0.15, 0.2) is 0 Å². The first-order valence-corrected chi connectivity index (χ1v) is 3.80. The average Bonchev–Trinajstić information content (AvgIpc) is 2.72. The Morgan fingerprint density at radius 1 is 1.73 bits per heavy atom. The first kappa shape index (κ1) is 8.49. The maximum atomic E-state index is 10.9. The van der Waals surface area contributed by atoms with E-state index < -0.39 is 0 Å². The van der Waals surface area contributed by atoms with Crippen LogP contribution in [0.5, 0.6) is 0 Å². The van der Waals surface area contributed by atoms with Crippen LogP contribution in [0.1, 0.15) is 19.8 Å². The van der Waals surface area contributed by atoms with Gasteiger partial charge in [-0.2, -0.15) is 5.48 Å². The van der Waals surface area contributed by atoms with E-state index in [-0.39, 0.29) is 12.1 Å². The molecule has 0 saturated heterocycles. The maximum Gasteiger partial charge on any atom is 0.220 e. The molecule has 0 aromatic rings. The molecular weight excluding hydrogens is 144 g/mol. The molecule has 0 aromatic carbocycles. The lowest BCUT2D eigenvalue weighted by Crippen LogP contribution is -2.45. The molecule has 1 atom stereocenters. The largest absolute Gasteiger partial charge is 0.328 e. The van der Waals surface area contributed by atoms with Gasteiger partial charge in [0.1, 0.15) is 6.17 Å². The van der Waals surface area contributed by atoms with Gasteiger partial charge in [0.05, 0.1) is 0 Å². The van der Waals surface area contributed by atoms with E-state index in [4.69, 9.17) is 5.21 Å². The van der Waals surface area contributed by atoms with E-state index in [2.05, 4.69) is 5.48 Å². The van der Waals surface area contributed by atoms with Crippen LogP contribution in [0.15, 0.2) is 0 Å². The van der Waals surface area contributed by atoms with Crippen molar-refractivity contribution in [2.75, 3.05) is 7.05 Å². The maximum absolute atomic E-state index is 10.9. The standard InChI is InChI=1S/C7H14N2O2/c1-5(10)9(2)7(8-11)6-3-4-6/h6-8,11H,3-4H2,1-2H3. The van der Waals surface area contributed by atoms with Gasteiger partial charge in [0.2, 0.25) is 5.91 Å². The summed E-state index contributed by atoms with van der Waals surface area (Å²) in [6, 6.07) is 0. The van der Waals surface area contributed by atoms with Crippen molar-refractivity contribution in [3.05, 3.63) is 0 Å². The first-order valence-electron chi connectivity index (χ1n) is 3.80. The number of carbonyl (C=O) groups excluding carboxylic acids is 1. The fourth-order valence-corrected chi connectivity index (χ4v) is 1.12. The lowest BCUT2D eigenvalue weighted by Gasteiger charge is -2.25. The van der Waals surface area contributed by atoms with E-state index in [9.17, 15) is 4.79 Å². The Bertz CT molecular complexity index is 157. The summed E-state index contributed by atoms with van der Waals surface area (Å²) in [5.41, 5.74) is 2.15. The van der Waals surface area contributed by atoms with E-state index in [1.165, 1.54) is 11.8 Å². The highest BCUT2D eigenvalue weighted by Gasteiger charge is 2.34. The quantitative estimate of drug-likeness (QED) is 0.455. The predicted octanol–water partition coefficient (Wildman–Crippen LogP) is 0.180. The Morgan fingerprint density at radius 3 is 2.55 bits per heavy atom. The smallest absolute Gasteiger partial charge is 0.220 e. The molecule has 0 bridgehead atoms. The second kappa shape index (κ2) is 3.19. The molecule has 64 valence electrons. The molecule has 1 aliphatic carbocycles. The Morgan fingerprint density at radius 2 is 2.27 bits per heavy atom. The van der Waals surface area contributed by atoms with E-state index in [0.717, 1.165) is 12.8 Å². The first-order chi connectivity index (χ1) is 5.16. The summed E-state index contributed by atoms with van der Waals surface area (Å²) in [6.07, 6.45) is 2.00. The molecule has 0 aromatic heterocycles. The highest BCUT2D eigenvalue weighted by Crippen LogP contribution is 2.33. The molecule has 11 heavy (non-hydrogen) atoms. The molecule has 1 amide bonds. The molecule has 1 saturated carbocycles. The van der Waals surface area contributed by atoms with Crippen LogP contribution in [0.4, 0.5) is 0 Å². The fourth-order valence-electron chi connectivity index (χ4n) is 1.12. The topological polar surface area (TPSA) is 52.6 Å². The Labute approximate surface area is 66.1 Å². The number of amides is 1. The van der Waals surface area contributed by atoms with E-state index in [1.807, 2.05) is 0 Å². The molecule has 1 unspecified atom stereocenters. The third-order valence-corrected chi connectivity index (χ3v) is 2.11. The van der Waals surface area contributed by atoms with Gasteiger partial charge >= 0.3 is 0 Å². The van der Waals surface area contributed by atoms with Crippen molar-refractivity contribution >= 4 is 5.91 Å². The monoisotopic (exact) mass is 158 g/mol. The third-order valence-electron chi connectivity index (χ3n) is 2.11. The number of hydrogen-bond donors (Lipinski definition) is 2. The summed E-state index contributed by atoms with van der Waals surface area (Å²) in [5, 5.41) is 8.71. The van der Waals surface area contributed by atoms with Crippen molar-refractivity contribution in [2.24, 2.45) is 5.92 Å². The number of nitrogens with zero attached hydrogens (tertiary/aromatic N) is 1. The number of carbonyl (C=O) groups is 1.